The number of para-hydroxylation sites is 1. The zero-order valence-electron chi connectivity index (χ0n) is 18.5. The predicted octanol–water partition coefficient (Wildman–Crippen LogP) is 3.89. The second-order valence-corrected chi connectivity index (χ2v) is 9.11. The average Bonchev–Trinajstić information content (AvgIpc) is 3.32. The van der Waals surface area contributed by atoms with Gasteiger partial charge < -0.3 is 10.1 Å². The average molecular weight is 496 g/mol. The van der Waals surface area contributed by atoms with Crippen LogP contribution in [0.15, 0.2) is 66.7 Å². The summed E-state index contributed by atoms with van der Waals surface area (Å²) in [6.45, 7) is -0.302. The lowest BCUT2D eigenvalue weighted by atomic mass is 10.0. The maximum Gasteiger partial charge on any atom is 0.269 e. The molecule has 2 aliphatic rings. The molecule has 0 saturated carbocycles. The highest BCUT2D eigenvalue weighted by Gasteiger charge is 2.61. The van der Waals surface area contributed by atoms with Crippen molar-refractivity contribution in [3.63, 3.8) is 0 Å². The lowest BCUT2D eigenvalue weighted by molar-refractivity contribution is -0.124. The van der Waals surface area contributed by atoms with Crippen LogP contribution in [0.1, 0.15) is 5.56 Å². The van der Waals surface area contributed by atoms with Crippen LogP contribution in [-0.2, 0) is 19.3 Å². The van der Waals surface area contributed by atoms with Crippen LogP contribution in [0, 0.1) is 11.6 Å². The number of nitrogens with one attached hydrogen (secondary N) is 1. The van der Waals surface area contributed by atoms with Gasteiger partial charge in [0, 0.05) is 23.0 Å². The first-order valence-corrected chi connectivity index (χ1v) is 11.6. The lowest BCUT2D eigenvalue weighted by Gasteiger charge is -2.33. The number of halogens is 2. The Hall–Kier alpha value is -3.92. The van der Waals surface area contributed by atoms with Gasteiger partial charge in [0.1, 0.15) is 12.3 Å². The fourth-order valence-corrected chi connectivity index (χ4v) is 5.71. The number of hydrogen-bond acceptors (Lipinski definition) is 5. The zero-order valence-corrected chi connectivity index (χ0v) is 19.3. The first-order valence-electron chi connectivity index (χ1n) is 10.6. The van der Waals surface area contributed by atoms with E-state index in [9.17, 15) is 23.2 Å². The molecule has 0 bridgehead atoms. The number of fused-ring (bicyclic) bond motifs is 2. The third kappa shape index (κ3) is 3.70. The van der Waals surface area contributed by atoms with Crippen LogP contribution < -0.4 is 19.9 Å². The number of carbonyl (C=O) groups excluding carboxylic acids is 3. The number of carbonyl (C=O) groups is 3. The topological polar surface area (TPSA) is 79.0 Å². The van der Waals surface area contributed by atoms with Gasteiger partial charge in [-0.3, -0.25) is 24.2 Å². The first kappa shape index (κ1) is 22.9. The van der Waals surface area contributed by atoms with E-state index in [0.29, 0.717) is 22.7 Å². The number of benzene rings is 3. The van der Waals surface area contributed by atoms with Gasteiger partial charge in [0.05, 0.1) is 18.6 Å². The van der Waals surface area contributed by atoms with E-state index in [0.717, 1.165) is 23.9 Å². The summed E-state index contributed by atoms with van der Waals surface area (Å²) < 4.78 is 32.8. The molecule has 0 aromatic heterocycles. The molecule has 10 heteroatoms. The third-order valence-corrected chi connectivity index (χ3v) is 7.29. The van der Waals surface area contributed by atoms with Crippen LogP contribution in [0.4, 0.5) is 25.8 Å². The van der Waals surface area contributed by atoms with Crippen molar-refractivity contribution in [3.05, 3.63) is 83.9 Å². The van der Waals surface area contributed by atoms with Crippen LogP contribution in [-0.4, -0.2) is 37.1 Å². The Bertz CT molecular complexity index is 1350. The van der Waals surface area contributed by atoms with Crippen LogP contribution in [0.2, 0.25) is 0 Å². The Morgan fingerprint density at radius 3 is 2.51 bits per heavy atom. The molecule has 1 N–H and O–H groups in total. The minimum Gasteiger partial charge on any atom is -0.497 e. The highest BCUT2D eigenvalue weighted by Crippen LogP contribution is 2.55. The molecule has 3 aromatic rings. The molecule has 2 heterocycles. The van der Waals surface area contributed by atoms with Crippen molar-refractivity contribution < 1.29 is 27.9 Å². The van der Waals surface area contributed by atoms with Crippen molar-refractivity contribution in [3.8, 4) is 5.75 Å². The van der Waals surface area contributed by atoms with Crippen LogP contribution in [0.3, 0.4) is 0 Å². The number of amides is 3. The van der Waals surface area contributed by atoms with Gasteiger partial charge >= 0.3 is 0 Å². The molecule has 1 saturated heterocycles. The molecular formula is C25H19F2N3O4S. The smallest absolute Gasteiger partial charge is 0.269 e. The summed E-state index contributed by atoms with van der Waals surface area (Å²) in [5, 5.41) is 2.75. The molecular weight excluding hydrogens is 476 g/mol. The molecule has 7 nitrogen and oxygen atoms in total. The predicted molar refractivity (Wildman–Crippen MR) is 128 cm³/mol. The Kier molecular flexibility index (Phi) is 5.68. The SMILES string of the molecule is COc1ccc(NC(=O)CN2C(=O)[C@@]3(SCC(=O)N3c3ccc(F)c(F)c3)c3ccccc32)cc1. The minimum atomic E-state index is -1.53. The molecule has 178 valence electrons. The van der Waals surface area contributed by atoms with Crippen molar-refractivity contribution in [1.29, 1.82) is 0 Å². The number of thioether (sulfide) groups is 1. The van der Waals surface area contributed by atoms with Gasteiger partial charge in [-0.1, -0.05) is 18.2 Å². The molecule has 2 aliphatic heterocycles. The third-order valence-electron chi connectivity index (χ3n) is 5.90. The van der Waals surface area contributed by atoms with E-state index < -0.39 is 34.2 Å². The van der Waals surface area contributed by atoms with E-state index in [1.807, 2.05) is 0 Å². The summed E-state index contributed by atoms with van der Waals surface area (Å²) in [5.74, 6) is -2.96. The summed E-state index contributed by atoms with van der Waals surface area (Å²) in [7, 11) is 1.54. The molecule has 1 fully saturated rings. The highest BCUT2D eigenvalue weighted by atomic mass is 32.2. The fraction of sp³-hybridized carbons (Fsp3) is 0.160. The van der Waals surface area contributed by atoms with E-state index in [1.165, 1.54) is 23.0 Å². The zero-order chi connectivity index (χ0) is 24.7. The molecule has 0 aliphatic carbocycles. The van der Waals surface area contributed by atoms with Gasteiger partial charge in [0.15, 0.2) is 11.6 Å². The summed E-state index contributed by atoms with van der Waals surface area (Å²) in [5.41, 5.74) is 1.56. The molecule has 3 amide bonds. The van der Waals surface area contributed by atoms with Gasteiger partial charge in [-0.25, -0.2) is 8.78 Å². The minimum absolute atomic E-state index is 0.0368. The summed E-state index contributed by atoms with van der Waals surface area (Å²) >= 11 is 1.09. The summed E-state index contributed by atoms with van der Waals surface area (Å²) in [4.78, 5) is 40.7. The van der Waals surface area contributed by atoms with Gasteiger partial charge in [-0.2, -0.15) is 0 Å². The summed E-state index contributed by atoms with van der Waals surface area (Å²) in [6, 6.07) is 16.7. The molecule has 35 heavy (non-hydrogen) atoms. The Labute approximate surface area is 203 Å². The van der Waals surface area contributed by atoms with Gasteiger partial charge in [0.2, 0.25) is 16.7 Å². The highest BCUT2D eigenvalue weighted by molar-refractivity contribution is 8.02. The largest absolute Gasteiger partial charge is 0.497 e. The van der Waals surface area contributed by atoms with Crippen molar-refractivity contribution in [1.82, 2.24) is 0 Å². The number of hydrogen-bond donors (Lipinski definition) is 1. The quantitative estimate of drug-likeness (QED) is 0.581. The van der Waals surface area contributed by atoms with Crippen LogP contribution >= 0.6 is 11.8 Å². The van der Waals surface area contributed by atoms with E-state index in [1.54, 1.807) is 48.5 Å². The van der Waals surface area contributed by atoms with Crippen molar-refractivity contribution >= 4 is 46.5 Å². The van der Waals surface area contributed by atoms with Gasteiger partial charge in [-0.15, -0.1) is 11.8 Å². The molecule has 5 rings (SSSR count). The lowest BCUT2D eigenvalue weighted by Crippen LogP contribution is -2.51. The number of methoxy groups -OCH3 is 1. The molecule has 1 atom stereocenters. The normalized spacial score (nSPS) is 18.8. The second-order valence-electron chi connectivity index (χ2n) is 7.95. The Balaban J connectivity index is 1.49. The Morgan fingerprint density at radius 2 is 1.80 bits per heavy atom. The van der Waals surface area contributed by atoms with E-state index in [2.05, 4.69) is 5.32 Å². The van der Waals surface area contributed by atoms with Crippen molar-refractivity contribution in [2.45, 2.75) is 4.87 Å². The van der Waals surface area contributed by atoms with Crippen molar-refractivity contribution in [2.24, 2.45) is 0 Å². The van der Waals surface area contributed by atoms with Gasteiger partial charge in [0.25, 0.3) is 5.91 Å². The standard InChI is InChI=1S/C25H19F2N3O4S/c1-34-17-9-6-15(7-10-17)28-22(31)13-29-21-5-3-2-4-18(21)25(24(29)33)30(23(32)14-35-25)16-8-11-19(26)20(27)12-16/h2-12H,13-14H2,1H3,(H,28,31)/t25-/m0/s1. The van der Waals surface area contributed by atoms with E-state index >= 15 is 0 Å². The second kappa shape index (κ2) is 8.70. The number of nitrogens with zero attached hydrogens (tertiary/aromatic N) is 2. The Morgan fingerprint density at radius 1 is 1.06 bits per heavy atom. The van der Waals surface area contributed by atoms with Crippen molar-refractivity contribution in [2.75, 3.05) is 34.5 Å². The number of anilines is 3. The van der Waals surface area contributed by atoms with Crippen LogP contribution in [0.5, 0.6) is 5.75 Å². The number of rotatable bonds is 5. The molecule has 0 radical (unpaired) electrons. The number of ether oxygens (including phenoxy) is 1. The maximum atomic E-state index is 14.1. The first-order chi connectivity index (χ1) is 16.8. The van der Waals surface area contributed by atoms with Gasteiger partial charge in [-0.05, 0) is 42.5 Å². The fourth-order valence-electron chi connectivity index (χ4n) is 4.35. The van der Waals surface area contributed by atoms with E-state index in [4.69, 9.17) is 4.74 Å². The molecule has 0 unspecified atom stereocenters. The monoisotopic (exact) mass is 495 g/mol. The summed E-state index contributed by atoms with van der Waals surface area (Å²) in [6.07, 6.45) is 0. The maximum absolute atomic E-state index is 14.1. The molecule has 3 aromatic carbocycles. The van der Waals surface area contributed by atoms with Crippen LogP contribution in [0.25, 0.3) is 0 Å². The van der Waals surface area contributed by atoms with E-state index in [-0.39, 0.29) is 18.0 Å². The molecule has 1 spiro atoms.